The Morgan fingerprint density at radius 1 is 1.09 bits per heavy atom. The minimum absolute atomic E-state index is 0.607. The maximum absolute atomic E-state index is 5.72. The molecule has 0 saturated carbocycles. The Kier molecular flexibility index (Phi) is 9.37. The Balaban J connectivity index is 2.16. The van der Waals surface area contributed by atoms with E-state index in [0.717, 1.165) is 30.8 Å². The van der Waals surface area contributed by atoms with Crippen LogP contribution in [0.5, 0.6) is 5.75 Å². The van der Waals surface area contributed by atoms with Gasteiger partial charge in [0.25, 0.3) is 0 Å². The Bertz CT molecular complexity index is 512. The van der Waals surface area contributed by atoms with E-state index in [1.807, 2.05) is 31.2 Å². The van der Waals surface area contributed by atoms with Crippen molar-refractivity contribution in [2.45, 2.75) is 33.1 Å². The lowest BCUT2D eigenvalue weighted by Gasteiger charge is -2.08. The Hall–Kier alpha value is -2.16. The normalized spacial score (nSPS) is 11.5. The van der Waals surface area contributed by atoms with E-state index in [4.69, 9.17) is 14.2 Å². The molecule has 0 aliphatic rings. The number of hydrogen-bond donors (Lipinski definition) is 0. The van der Waals surface area contributed by atoms with E-state index in [2.05, 4.69) is 25.6 Å². The first-order valence-electron chi connectivity index (χ1n) is 8.11. The van der Waals surface area contributed by atoms with E-state index in [1.165, 1.54) is 5.56 Å². The molecule has 0 bridgehead atoms. The van der Waals surface area contributed by atoms with Gasteiger partial charge in [0, 0.05) is 0 Å². The SMILES string of the molecule is C=C(/C=C\C(=C/C)OCCCCOc1ccc(CC)cc1)OC. The fraction of sp³-hybridized carbons (Fsp3) is 0.400. The molecular formula is C20H28O3. The largest absolute Gasteiger partial charge is 0.497 e. The van der Waals surface area contributed by atoms with Gasteiger partial charge in [-0.2, -0.15) is 0 Å². The Morgan fingerprint density at radius 3 is 2.39 bits per heavy atom. The lowest BCUT2D eigenvalue weighted by molar-refractivity contribution is 0.205. The zero-order valence-electron chi connectivity index (χ0n) is 14.5. The van der Waals surface area contributed by atoms with Crippen LogP contribution in [-0.4, -0.2) is 20.3 Å². The minimum Gasteiger partial charge on any atom is -0.497 e. The molecule has 0 saturated heterocycles. The number of unbranched alkanes of at least 4 members (excludes halogenated alkanes) is 1. The Labute approximate surface area is 140 Å². The summed E-state index contributed by atoms with van der Waals surface area (Å²) in [5.74, 6) is 2.35. The molecule has 0 amide bonds. The third kappa shape index (κ3) is 8.15. The lowest BCUT2D eigenvalue weighted by Crippen LogP contribution is -2.00. The predicted octanol–water partition coefficient (Wildman–Crippen LogP) is 5.04. The van der Waals surface area contributed by atoms with E-state index in [1.54, 1.807) is 13.2 Å². The molecule has 1 aromatic carbocycles. The first-order valence-corrected chi connectivity index (χ1v) is 8.11. The van der Waals surface area contributed by atoms with Crippen LogP contribution in [0.4, 0.5) is 0 Å². The summed E-state index contributed by atoms with van der Waals surface area (Å²) in [5, 5.41) is 0. The highest BCUT2D eigenvalue weighted by Gasteiger charge is 1.96. The van der Waals surface area contributed by atoms with Crippen LogP contribution in [0.1, 0.15) is 32.3 Å². The second kappa shape index (κ2) is 11.4. The maximum Gasteiger partial charge on any atom is 0.119 e. The standard InChI is InChI=1S/C20H28O3/c1-5-18-10-13-20(14-11-18)23-16-8-7-15-22-19(6-2)12-9-17(3)21-4/h6,9-14H,3,5,7-8,15-16H2,1-2,4H3/b12-9-,19-6+. The van der Waals surface area contributed by atoms with Crippen molar-refractivity contribution in [1.29, 1.82) is 0 Å². The van der Waals surface area contributed by atoms with Crippen LogP contribution >= 0.6 is 0 Å². The van der Waals surface area contributed by atoms with Crippen LogP contribution < -0.4 is 4.74 Å². The lowest BCUT2D eigenvalue weighted by atomic mass is 10.2. The van der Waals surface area contributed by atoms with E-state index < -0.39 is 0 Å². The van der Waals surface area contributed by atoms with Gasteiger partial charge < -0.3 is 14.2 Å². The number of ether oxygens (including phenoxy) is 3. The quantitative estimate of drug-likeness (QED) is 0.325. The molecule has 1 aromatic rings. The molecule has 0 aliphatic carbocycles. The van der Waals surface area contributed by atoms with Crippen LogP contribution in [0.3, 0.4) is 0 Å². The van der Waals surface area contributed by atoms with Crippen molar-refractivity contribution in [2.24, 2.45) is 0 Å². The molecule has 0 radical (unpaired) electrons. The summed E-state index contributed by atoms with van der Waals surface area (Å²) < 4.78 is 16.4. The smallest absolute Gasteiger partial charge is 0.119 e. The van der Waals surface area contributed by atoms with Gasteiger partial charge in [-0.3, -0.25) is 0 Å². The van der Waals surface area contributed by atoms with E-state index >= 15 is 0 Å². The van der Waals surface area contributed by atoms with Gasteiger partial charge in [0.05, 0.1) is 20.3 Å². The zero-order valence-corrected chi connectivity index (χ0v) is 14.5. The molecule has 126 valence electrons. The molecule has 0 N–H and O–H groups in total. The van der Waals surface area contributed by atoms with Gasteiger partial charge in [0.15, 0.2) is 0 Å². The molecule has 0 atom stereocenters. The molecule has 1 rings (SSSR count). The fourth-order valence-corrected chi connectivity index (χ4v) is 1.88. The van der Waals surface area contributed by atoms with Crippen molar-refractivity contribution < 1.29 is 14.2 Å². The van der Waals surface area contributed by atoms with Crippen molar-refractivity contribution in [3.63, 3.8) is 0 Å². The predicted molar refractivity (Wildman–Crippen MR) is 95.5 cm³/mol. The van der Waals surface area contributed by atoms with Gasteiger partial charge in [-0.1, -0.05) is 25.6 Å². The van der Waals surface area contributed by atoms with E-state index in [0.29, 0.717) is 19.0 Å². The summed E-state index contributed by atoms with van der Waals surface area (Å²) in [6, 6.07) is 8.27. The average molecular weight is 316 g/mol. The highest BCUT2D eigenvalue weighted by molar-refractivity contribution is 5.27. The molecule has 23 heavy (non-hydrogen) atoms. The highest BCUT2D eigenvalue weighted by Crippen LogP contribution is 2.13. The summed E-state index contributed by atoms with van der Waals surface area (Å²) in [5.41, 5.74) is 1.33. The van der Waals surface area contributed by atoms with Gasteiger partial charge in [0.2, 0.25) is 0 Å². The first kappa shape index (κ1) is 18.9. The fourth-order valence-electron chi connectivity index (χ4n) is 1.88. The molecule has 3 nitrogen and oxygen atoms in total. The summed E-state index contributed by atoms with van der Waals surface area (Å²) >= 11 is 0. The average Bonchev–Trinajstić information content (AvgIpc) is 2.60. The van der Waals surface area contributed by atoms with E-state index in [9.17, 15) is 0 Å². The highest BCUT2D eigenvalue weighted by atomic mass is 16.5. The molecule has 0 spiro atoms. The monoisotopic (exact) mass is 316 g/mol. The number of allylic oxidation sites excluding steroid dienone is 3. The van der Waals surface area contributed by atoms with Crippen LogP contribution in [0.2, 0.25) is 0 Å². The third-order valence-electron chi connectivity index (χ3n) is 3.39. The summed E-state index contributed by atoms with van der Waals surface area (Å²) in [6.45, 7) is 9.20. The minimum atomic E-state index is 0.607. The van der Waals surface area contributed by atoms with Gasteiger partial charge in [-0.05, 0) is 62.1 Å². The van der Waals surface area contributed by atoms with E-state index in [-0.39, 0.29) is 0 Å². The number of rotatable bonds is 11. The van der Waals surface area contributed by atoms with Crippen molar-refractivity contribution in [1.82, 2.24) is 0 Å². The van der Waals surface area contributed by atoms with Gasteiger partial charge in [-0.25, -0.2) is 0 Å². The molecule has 3 heteroatoms. The maximum atomic E-state index is 5.72. The number of aryl methyl sites for hydroxylation is 1. The topological polar surface area (TPSA) is 27.7 Å². The summed E-state index contributed by atoms with van der Waals surface area (Å²) in [6.07, 6.45) is 8.53. The summed E-state index contributed by atoms with van der Waals surface area (Å²) in [7, 11) is 1.60. The first-order chi connectivity index (χ1) is 11.2. The van der Waals surface area contributed by atoms with Crippen molar-refractivity contribution in [3.8, 4) is 5.75 Å². The number of methoxy groups -OCH3 is 1. The van der Waals surface area contributed by atoms with Crippen molar-refractivity contribution in [2.75, 3.05) is 20.3 Å². The molecular weight excluding hydrogens is 288 g/mol. The van der Waals surface area contributed by atoms with Gasteiger partial charge >= 0.3 is 0 Å². The van der Waals surface area contributed by atoms with Gasteiger partial charge in [0.1, 0.15) is 17.3 Å². The second-order valence-corrected chi connectivity index (χ2v) is 5.10. The molecule has 0 fully saturated rings. The molecule has 0 aliphatic heterocycles. The number of hydrogen-bond acceptors (Lipinski definition) is 3. The summed E-state index contributed by atoms with van der Waals surface area (Å²) in [4.78, 5) is 0. The number of benzene rings is 1. The van der Waals surface area contributed by atoms with Crippen molar-refractivity contribution in [3.05, 3.63) is 66.2 Å². The van der Waals surface area contributed by atoms with Crippen LogP contribution in [-0.2, 0) is 15.9 Å². The second-order valence-electron chi connectivity index (χ2n) is 5.10. The third-order valence-corrected chi connectivity index (χ3v) is 3.39. The van der Waals surface area contributed by atoms with Crippen LogP contribution in [0.15, 0.2) is 60.6 Å². The van der Waals surface area contributed by atoms with Crippen molar-refractivity contribution >= 4 is 0 Å². The molecule has 0 heterocycles. The Morgan fingerprint density at radius 2 is 1.78 bits per heavy atom. The zero-order chi connectivity index (χ0) is 16.9. The van der Waals surface area contributed by atoms with Crippen LogP contribution in [0.25, 0.3) is 0 Å². The molecule has 0 aromatic heterocycles. The van der Waals surface area contributed by atoms with Crippen LogP contribution in [0, 0.1) is 0 Å². The molecule has 0 unspecified atom stereocenters. The van der Waals surface area contributed by atoms with Gasteiger partial charge in [-0.15, -0.1) is 0 Å².